The molecule has 20 N–H and O–H groups in total. The Labute approximate surface area is 525 Å². The average Bonchev–Trinajstić information content (AvgIpc) is 1.53. The van der Waals surface area contributed by atoms with E-state index in [0.717, 1.165) is 28.1 Å². The number of amides is 7. The summed E-state index contributed by atoms with van der Waals surface area (Å²) in [6.07, 6.45) is -3.17. The fourth-order valence-corrected chi connectivity index (χ4v) is 17.7. The predicted octanol–water partition coefficient (Wildman–Crippen LogP) is 1.71. The number of aliphatic hydroxyl groups excluding tert-OH is 2. The molecule has 7 amide bonds. The van der Waals surface area contributed by atoms with Gasteiger partial charge in [0.1, 0.15) is 18.3 Å². The van der Waals surface area contributed by atoms with Gasteiger partial charge in [-0.05, 0) is 124 Å². The van der Waals surface area contributed by atoms with E-state index >= 15 is 0 Å². The van der Waals surface area contributed by atoms with E-state index < -0.39 is 156 Å². The molecule has 2 aromatic rings. The molecule has 0 aliphatic carbocycles. The predicted molar refractivity (Wildman–Crippen MR) is 332 cm³/mol. The molecule has 498 valence electrons. The first kappa shape index (κ1) is 69.4. The van der Waals surface area contributed by atoms with Crippen molar-refractivity contribution < 1.29 is 67.0 Å². The van der Waals surface area contributed by atoms with Crippen LogP contribution in [0.2, 0.25) is 0 Å². The quantitative estimate of drug-likeness (QED) is 0.0596. The molecule has 6 aliphatic rings. The molecular weight excluding hydrogens is 1180 g/mol. The lowest BCUT2D eigenvalue weighted by molar-refractivity contribution is -0.124. The van der Waals surface area contributed by atoms with E-state index in [1.54, 1.807) is 4.57 Å². The first-order valence-corrected chi connectivity index (χ1v) is 32.6. The molecule has 6 aliphatic heterocycles. The number of imidazole rings is 1. The van der Waals surface area contributed by atoms with Crippen LogP contribution in [0.5, 0.6) is 0 Å². The number of nitrogens with zero attached hydrogens (tertiary/aromatic N) is 2. The number of aryl methyl sites for hydroxylation is 2. The Morgan fingerprint density at radius 2 is 1.36 bits per heavy atom. The van der Waals surface area contributed by atoms with Crippen molar-refractivity contribution in [1.29, 1.82) is 0 Å². The van der Waals surface area contributed by atoms with Gasteiger partial charge in [-0.1, -0.05) is 34.6 Å². The molecule has 1 aromatic heterocycles. The first-order valence-electron chi connectivity index (χ1n) is 31.1. The summed E-state index contributed by atoms with van der Waals surface area (Å²) in [6, 6.07) is 1.13. The molecule has 8 bridgehead atoms. The van der Waals surface area contributed by atoms with Crippen molar-refractivity contribution in [2.45, 2.75) is 207 Å². The number of phosphoric acid groups is 1. The lowest BCUT2D eigenvalue weighted by Crippen LogP contribution is -2.64. The van der Waals surface area contributed by atoms with E-state index in [1.165, 1.54) is 13.3 Å². The summed E-state index contributed by atoms with van der Waals surface area (Å²) in [5.74, 6) is -6.32. The number of primary amides is 6. The maximum atomic E-state index is 14.4. The van der Waals surface area contributed by atoms with Crippen molar-refractivity contribution in [2.75, 3.05) is 13.2 Å². The van der Waals surface area contributed by atoms with E-state index in [2.05, 4.69) is 51.5 Å². The number of carbonyl (C=O) groups excluding carboxylic acids is 7. The first-order chi connectivity index (χ1) is 41.8. The number of carbonyl (C=O) groups is 7. The van der Waals surface area contributed by atoms with Crippen LogP contribution in [0.25, 0.3) is 11.0 Å². The standard InChI is InChI=1S/C62H96N13O14P/c1-29-20-39-40(21-30(29)2)75(28-70-39)57-52(84)53(41(27-76)87-57)89-90(85,86)88-31(3)26-69-49(83)18-19-59(8)37(22-46(66)80)56-62(11)61(10,25-48(68)82)36(14-17-45(65)79)51(74-62)33(5)55-60(9,24-47(67)81)34(12-15-43(63)77)38(71-55)23-42-58(6,7)35(13-16-44(64)78)50(72-42)32(4)54(59)73-56/h20-21,23,28,31,34-37,41-42,52-57,71-74,76,84H,12-19,22,24-27H2,1-11H3,(H2,63,77)(H2,64,78)(H2,65,79)(H2,66,80)(H2,67,81)(H2,68,82)(H,69,83)(H,85,86). The Balaban J connectivity index is 1.17. The molecule has 0 spiro atoms. The third-order valence-electron chi connectivity index (χ3n) is 21.7. The minimum Gasteiger partial charge on any atom is -0.394 e. The number of hydrogen-bond acceptors (Lipinski definition) is 18. The molecule has 5 fully saturated rings. The maximum absolute atomic E-state index is 14.4. The van der Waals surface area contributed by atoms with Gasteiger partial charge in [-0.2, -0.15) is 0 Å². The molecule has 7 heterocycles. The Kier molecular flexibility index (Phi) is 20.0. The Hall–Kier alpha value is -6.45. The van der Waals surface area contributed by atoms with Crippen LogP contribution < -0.4 is 61.0 Å². The third kappa shape index (κ3) is 13.2. The summed E-state index contributed by atoms with van der Waals surface area (Å²) in [5.41, 5.74) is 38.0. The van der Waals surface area contributed by atoms with Crippen LogP contribution in [-0.4, -0.2) is 133 Å². The van der Waals surface area contributed by atoms with Crippen molar-refractivity contribution in [3.63, 3.8) is 0 Å². The molecular formula is C62H96N13O14P. The van der Waals surface area contributed by atoms with Crippen LogP contribution in [0, 0.1) is 59.2 Å². The van der Waals surface area contributed by atoms with Gasteiger partial charge < -0.3 is 85.4 Å². The van der Waals surface area contributed by atoms with Crippen LogP contribution in [0.15, 0.2) is 52.8 Å². The molecule has 18 unspecified atom stereocenters. The van der Waals surface area contributed by atoms with E-state index in [0.29, 0.717) is 28.7 Å². The summed E-state index contributed by atoms with van der Waals surface area (Å²) in [6.45, 7) is 20.1. The molecule has 28 heteroatoms. The fourth-order valence-electron chi connectivity index (χ4n) is 16.6. The molecule has 8 rings (SSSR count). The van der Waals surface area contributed by atoms with Gasteiger partial charge in [-0.15, -0.1) is 0 Å². The highest BCUT2D eigenvalue weighted by atomic mass is 31.2. The van der Waals surface area contributed by atoms with Gasteiger partial charge in [-0.3, -0.25) is 42.6 Å². The van der Waals surface area contributed by atoms with Gasteiger partial charge in [0.15, 0.2) is 6.23 Å². The molecule has 1 aromatic carbocycles. The molecule has 5 saturated heterocycles. The summed E-state index contributed by atoms with van der Waals surface area (Å²) < 4.78 is 32.3. The fraction of sp³-hybridized carbons (Fsp3) is 0.677. The number of rotatable bonds is 26. The second kappa shape index (κ2) is 25.9. The summed E-state index contributed by atoms with van der Waals surface area (Å²) in [4.78, 5) is 109. The highest BCUT2D eigenvalue weighted by Gasteiger charge is 2.68. The molecule has 18 atom stereocenters. The summed E-state index contributed by atoms with van der Waals surface area (Å²) in [7, 11) is -5.05. The lowest BCUT2D eigenvalue weighted by Gasteiger charge is -2.49. The van der Waals surface area contributed by atoms with Gasteiger partial charge >= 0.3 is 7.82 Å². The van der Waals surface area contributed by atoms with Gasteiger partial charge in [0.25, 0.3) is 0 Å². The van der Waals surface area contributed by atoms with E-state index in [4.69, 9.17) is 48.2 Å². The van der Waals surface area contributed by atoms with E-state index in [9.17, 15) is 53.2 Å². The number of phosphoric ester groups is 1. The normalized spacial score (nSPS) is 34.5. The Morgan fingerprint density at radius 3 is 1.94 bits per heavy atom. The monoisotopic (exact) mass is 1280 g/mol. The van der Waals surface area contributed by atoms with Crippen molar-refractivity contribution in [3.8, 4) is 0 Å². The Bertz CT molecular complexity index is 3330. The molecule has 0 radical (unpaired) electrons. The van der Waals surface area contributed by atoms with Crippen LogP contribution >= 0.6 is 7.82 Å². The number of nitrogens with one attached hydrogen (secondary N) is 5. The number of nitrogens with two attached hydrogens (primary N) is 6. The number of fused-ring (bicyclic) bond motifs is 10. The zero-order valence-corrected chi connectivity index (χ0v) is 54.5. The largest absolute Gasteiger partial charge is 0.472 e. The van der Waals surface area contributed by atoms with Crippen LogP contribution in [0.4, 0.5) is 0 Å². The number of ether oxygens (including phenoxy) is 1. The summed E-state index contributed by atoms with van der Waals surface area (Å²) >= 11 is 0. The van der Waals surface area contributed by atoms with Gasteiger partial charge in [0, 0.05) is 109 Å². The molecule has 0 saturated carbocycles. The minimum atomic E-state index is -5.05. The zero-order valence-electron chi connectivity index (χ0n) is 53.6. The van der Waals surface area contributed by atoms with E-state index in [-0.39, 0.29) is 76.7 Å². The molecule has 90 heavy (non-hydrogen) atoms. The topological polar surface area (TPSA) is 459 Å². The number of allylic oxidation sites excluding steroid dienone is 3. The number of hydrogen-bond donors (Lipinski definition) is 14. The molecule has 27 nitrogen and oxygen atoms in total. The van der Waals surface area contributed by atoms with Crippen molar-refractivity contribution in [3.05, 3.63) is 63.9 Å². The van der Waals surface area contributed by atoms with Crippen LogP contribution in [0.3, 0.4) is 0 Å². The van der Waals surface area contributed by atoms with Crippen molar-refractivity contribution in [1.82, 2.24) is 36.1 Å². The third-order valence-corrected chi connectivity index (χ3v) is 22.8. The highest BCUT2D eigenvalue weighted by Crippen LogP contribution is 2.62. The maximum Gasteiger partial charge on any atom is 0.472 e. The van der Waals surface area contributed by atoms with Crippen molar-refractivity contribution in [2.24, 2.45) is 79.7 Å². The second-order valence-electron chi connectivity index (χ2n) is 28.0. The number of benzene rings is 1. The van der Waals surface area contributed by atoms with E-state index in [1.807, 2.05) is 67.5 Å². The lowest BCUT2D eigenvalue weighted by atomic mass is 9.56. The van der Waals surface area contributed by atoms with Crippen molar-refractivity contribution >= 4 is 60.2 Å². The smallest absolute Gasteiger partial charge is 0.394 e. The van der Waals surface area contributed by atoms with Crippen LogP contribution in [-0.2, 0) is 51.9 Å². The van der Waals surface area contributed by atoms with Gasteiger partial charge in [0.2, 0.25) is 41.4 Å². The van der Waals surface area contributed by atoms with Gasteiger partial charge in [0.05, 0.1) is 47.7 Å². The van der Waals surface area contributed by atoms with Gasteiger partial charge in [-0.25, -0.2) is 9.55 Å². The highest BCUT2D eigenvalue weighted by molar-refractivity contribution is 7.47. The zero-order chi connectivity index (χ0) is 66.7. The SMILES string of the molecule is CC1=C2NC(C)(C3NC(C(C)=C4NC(C=C5NC1C(C)(CC(N)=O)C5CCC(N)=O)C(C)(C)C4CCC(N)=O)C(C)(CCC(=O)NCC(C)OP(=O)(O)OC1C(CO)OC(n4cnc5cc(C)c(C)cc54)C1O)C3CC(N)=O)C(C)(CC(N)=O)C2CCC(N)=O. The number of aliphatic hydroxyl groups is 2. The average molecular weight is 1280 g/mol. The summed E-state index contributed by atoms with van der Waals surface area (Å²) in [5, 5.41) is 40.2. The minimum absolute atomic E-state index is 0.0214. The second-order valence-corrected chi connectivity index (χ2v) is 29.3. The Morgan fingerprint density at radius 1 is 0.767 bits per heavy atom. The number of aromatic nitrogens is 2. The van der Waals surface area contributed by atoms with Crippen LogP contribution in [0.1, 0.15) is 150 Å².